The molecule has 2 heterocycles. The summed E-state index contributed by atoms with van der Waals surface area (Å²) in [7, 11) is 0. The number of carbonyl (C=O) groups excluding carboxylic acids is 2. The molecule has 2 aliphatic rings. The Kier molecular flexibility index (Phi) is 5.49. The van der Waals surface area contributed by atoms with Crippen molar-refractivity contribution in [3.63, 3.8) is 0 Å². The van der Waals surface area contributed by atoms with Gasteiger partial charge in [-0.1, -0.05) is 0 Å². The number of carbonyl (C=O) groups is 2. The van der Waals surface area contributed by atoms with Crippen molar-refractivity contribution in [2.45, 2.75) is 52.2 Å². The van der Waals surface area contributed by atoms with Gasteiger partial charge < -0.3 is 19.1 Å². The van der Waals surface area contributed by atoms with E-state index in [1.165, 1.54) is 0 Å². The molecular formula is C16H26N2O5. The smallest absolute Gasteiger partial charge is 0.410 e. The lowest BCUT2D eigenvalue weighted by molar-refractivity contribution is -0.144. The highest BCUT2D eigenvalue weighted by Crippen LogP contribution is 2.24. The van der Waals surface area contributed by atoms with Crippen molar-refractivity contribution in [3.05, 3.63) is 0 Å². The molecule has 0 aromatic rings. The second kappa shape index (κ2) is 7.19. The minimum atomic E-state index is -0.547. The van der Waals surface area contributed by atoms with Gasteiger partial charge in [0.25, 0.3) is 0 Å². The van der Waals surface area contributed by atoms with Crippen LogP contribution in [-0.2, 0) is 19.0 Å². The third-order valence-electron chi connectivity index (χ3n) is 3.73. The van der Waals surface area contributed by atoms with Crippen LogP contribution in [0.2, 0.25) is 0 Å². The average molecular weight is 326 g/mol. The molecule has 1 atom stereocenters. The Morgan fingerprint density at radius 1 is 1.30 bits per heavy atom. The molecule has 0 aliphatic carbocycles. The lowest BCUT2D eigenvalue weighted by Gasteiger charge is -2.33. The SMILES string of the molecule is CCOC(=O)C1COC(C2CCN(C(=O)OC(C)(C)C)CC2)=N1. The van der Waals surface area contributed by atoms with Crippen LogP contribution in [0.25, 0.3) is 0 Å². The van der Waals surface area contributed by atoms with Gasteiger partial charge in [-0.15, -0.1) is 0 Å². The summed E-state index contributed by atoms with van der Waals surface area (Å²) in [6.45, 7) is 9.13. The normalized spacial score (nSPS) is 22.3. The Labute approximate surface area is 137 Å². The quantitative estimate of drug-likeness (QED) is 0.741. The fourth-order valence-corrected chi connectivity index (χ4v) is 2.61. The van der Waals surface area contributed by atoms with E-state index in [-0.39, 0.29) is 24.6 Å². The summed E-state index contributed by atoms with van der Waals surface area (Å²) in [4.78, 5) is 29.8. The van der Waals surface area contributed by atoms with E-state index in [9.17, 15) is 9.59 Å². The van der Waals surface area contributed by atoms with E-state index in [0.29, 0.717) is 25.6 Å². The van der Waals surface area contributed by atoms with Crippen molar-refractivity contribution in [2.75, 3.05) is 26.3 Å². The zero-order valence-electron chi connectivity index (χ0n) is 14.3. The molecule has 0 saturated carbocycles. The van der Waals surface area contributed by atoms with Crippen molar-refractivity contribution < 1.29 is 23.8 Å². The minimum absolute atomic E-state index is 0.146. The molecule has 7 heteroatoms. The van der Waals surface area contributed by atoms with Gasteiger partial charge in [-0.2, -0.15) is 0 Å². The van der Waals surface area contributed by atoms with Gasteiger partial charge in [-0.05, 0) is 40.5 Å². The molecule has 23 heavy (non-hydrogen) atoms. The maximum absolute atomic E-state index is 12.0. The van der Waals surface area contributed by atoms with Gasteiger partial charge in [0.15, 0.2) is 11.9 Å². The van der Waals surface area contributed by atoms with E-state index in [2.05, 4.69) is 4.99 Å². The number of esters is 1. The second-order valence-corrected chi connectivity index (χ2v) is 6.79. The van der Waals surface area contributed by atoms with Gasteiger partial charge in [0, 0.05) is 19.0 Å². The third kappa shape index (κ3) is 4.84. The Morgan fingerprint density at radius 2 is 1.96 bits per heavy atom. The Bertz CT molecular complexity index is 475. The number of piperidine rings is 1. The zero-order chi connectivity index (χ0) is 17.0. The van der Waals surface area contributed by atoms with Crippen LogP contribution in [0.3, 0.4) is 0 Å². The fraction of sp³-hybridized carbons (Fsp3) is 0.812. The van der Waals surface area contributed by atoms with Gasteiger partial charge in [0.2, 0.25) is 0 Å². The number of hydrogen-bond acceptors (Lipinski definition) is 6. The topological polar surface area (TPSA) is 77.4 Å². The van der Waals surface area contributed by atoms with Gasteiger partial charge in [-0.25, -0.2) is 14.6 Å². The second-order valence-electron chi connectivity index (χ2n) is 6.79. The largest absolute Gasteiger partial charge is 0.478 e. The molecule has 1 fully saturated rings. The zero-order valence-corrected chi connectivity index (χ0v) is 14.3. The van der Waals surface area contributed by atoms with Gasteiger partial charge in [0.05, 0.1) is 6.61 Å². The summed E-state index contributed by atoms with van der Waals surface area (Å²) in [5.41, 5.74) is -0.487. The van der Waals surface area contributed by atoms with Crippen molar-refractivity contribution in [3.8, 4) is 0 Å². The fourth-order valence-electron chi connectivity index (χ4n) is 2.61. The molecule has 1 unspecified atom stereocenters. The predicted molar refractivity (Wildman–Crippen MR) is 84.3 cm³/mol. The van der Waals surface area contributed by atoms with Crippen LogP contribution in [0.4, 0.5) is 4.79 Å². The molecule has 0 aromatic carbocycles. The monoisotopic (exact) mass is 326 g/mol. The van der Waals surface area contributed by atoms with Crippen molar-refractivity contribution >= 4 is 18.0 Å². The molecule has 1 amide bonds. The Hall–Kier alpha value is -1.79. The first-order chi connectivity index (χ1) is 10.8. The predicted octanol–water partition coefficient (Wildman–Crippen LogP) is 1.99. The number of rotatable bonds is 3. The molecule has 0 aromatic heterocycles. The van der Waals surface area contributed by atoms with Crippen molar-refractivity contribution in [2.24, 2.45) is 10.9 Å². The molecule has 2 rings (SSSR count). The van der Waals surface area contributed by atoms with Gasteiger partial charge in [-0.3, -0.25) is 0 Å². The lowest BCUT2D eigenvalue weighted by Crippen LogP contribution is -2.43. The highest BCUT2D eigenvalue weighted by atomic mass is 16.6. The summed E-state index contributed by atoms with van der Waals surface area (Å²) in [6.07, 6.45) is 1.23. The van der Waals surface area contributed by atoms with E-state index in [0.717, 1.165) is 12.8 Å². The van der Waals surface area contributed by atoms with E-state index >= 15 is 0 Å². The molecule has 130 valence electrons. The molecule has 2 aliphatic heterocycles. The standard InChI is InChI=1S/C16H26N2O5/c1-5-21-14(19)12-10-22-13(17-12)11-6-8-18(9-7-11)15(20)23-16(2,3)4/h11-12H,5-10H2,1-4H3. The summed E-state index contributed by atoms with van der Waals surface area (Å²) in [5, 5.41) is 0. The number of amides is 1. The van der Waals surface area contributed by atoms with Crippen LogP contribution >= 0.6 is 0 Å². The highest BCUT2D eigenvalue weighted by molar-refractivity contribution is 5.87. The van der Waals surface area contributed by atoms with E-state index in [4.69, 9.17) is 14.2 Å². The van der Waals surface area contributed by atoms with Crippen LogP contribution in [0.15, 0.2) is 4.99 Å². The maximum Gasteiger partial charge on any atom is 0.410 e. The first-order valence-corrected chi connectivity index (χ1v) is 8.15. The minimum Gasteiger partial charge on any atom is -0.478 e. The molecule has 1 saturated heterocycles. The number of nitrogens with zero attached hydrogens (tertiary/aromatic N) is 2. The van der Waals surface area contributed by atoms with Crippen LogP contribution in [0.1, 0.15) is 40.5 Å². The number of ether oxygens (including phenoxy) is 3. The molecular weight excluding hydrogens is 300 g/mol. The van der Waals surface area contributed by atoms with Gasteiger partial charge >= 0.3 is 12.1 Å². The Balaban J connectivity index is 1.84. The summed E-state index contributed by atoms with van der Waals surface area (Å²) < 4.78 is 15.9. The van der Waals surface area contributed by atoms with Crippen LogP contribution in [0.5, 0.6) is 0 Å². The van der Waals surface area contributed by atoms with Crippen LogP contribution in [-0.4, -0.2) is 60.8 Å². The molecule has 7 nitrogen and oxygen atoms in total. The maximum atomic E-state index is 12.0. The molecule has 0 bridgehead atoms. The van der Waals surface area contributed by atoms with Gasteiger partial charge in [0.1, 0.15) is 12.2 Å². The summed E-state index contributed by atoms with van der Waals surface area (Å²) >= 11 is 0. The first kappa shape index (κ1) is 17.6. The number of aliphatic imine (C=N–C) groups is 1. The molecule has 0 spiro atoms. The van der Waals surface area contributed by atoms with Crippen LogP contribution in [0, 0.1) is 5.92 Å². The summed E-state index contributed by atoms with van der Waals surface area (Å²) in [5.74, 6) is 0.425. The number of likely N-dealkylation sites (tertiary alicyclic amines) is 1. The van der Waals surface area contributed by atoms with E-state index < -0.39 is 11.6 Å². The molecule has 0 radical (unpaired) electrons. The van der Waals surface area contributed by atoms with E-state index in [1.807, 2.05) is 20.8 Å². The lowest BCUT2D eigenvalue weighted by atomic mass is 9.97. The van der Waals surface area contributed by atoms with Crippen LogP contribution < -0.4 is 0 Å². The summed E-state index contributed by atoms with van der Waals surface area (Å²) in [6, 6.07) is -0.547. The third-order valence-corrected chi connectivity index (χ3v) is 3.73. The first-order valence-electron chi connectivity index (χ1n) is 8.15. The Morgan fingerprint density at radius 3 is 2.52 bits per heavy atom. The molecule has 0 N–H and O–H groups in total. The average Bonchev–Trinajstić information content (AvgIpc) is 2.96. The van der Waals surface area contributed by atoms with Crippen molar-refractivity contribution in [1.82, 2.24) is 4.90 Å². The highest BCUT2D eigenvalue weighted by Gasteiger charge is 2.34. The number of hydrogen-bond donors (Lipinski definition) is 0. The van der Waals surface area contributed by atoms with Crippen molar-refractivity contribution in [1.29, 1.82) is 0 Å². The van der Waals surface area contributed by atoms with E-state index in [1.54, 1.807) is 11.8 Å².